The maximum atomic E-state index is 13.6. The minimum atomic E-state index is 0.102. The number of H-pyrrole nitrogens is 1. The number of hydrogen-bond acceptors (Lipinski definition) is 4. The first-order chi connectivity index (χ1) is 17.3. The highest BCUT2D eigenvalue weighted by atomic mass is 16.2. The van der Waals surface area contributed by atoms with Crippen LogP contribution in [0.25, 0.3) is 11.4 Å². The van der Waals surface area contributed by atoms with Gasteiger partial charge >= 0.3 is 0 Å². The summed E-state index contributed by atoms with van der Waals surface area (Å²) in [5.74, 6) is 1.39. The molecule has 0 aliphatic carbocycles. The number of rotatable bonds is 3. The highest BCUT2D eigenvalue weighted by Gasteiger charge is 2.31. The van der Waals surface area contributed by atoms with Crippen molar-refractivity contribution in [3.05, 3.63) is 75.6 Å². The van der Waals surface area contributed by atoms with E-state index >= 15 is 0 Å². The summed E-state index contributed by atoms with van der Waals surface area (Å²) in [5.41, 5.74) is 8.17. The number of aromatic nitrogens is 2. The fourth-order valence-electron chi connectivity index (χ4n) is 5.81. The molecule has 0 bridgehead atoms. The van der Waals surface area contributed by atoms with Gasteiger partial charge in [0.2, 0.25) is 0 Å². The molecule has 0 saturated carbocycles. The zero-order valence-electron chi connectivity index (χ0n) is 21.9. The Kier molecular flexibility index (Phi) is 6.44. The molecule has 186 valence electrons. The number of nitrogens with one attached hydrogen (secondary N) is 1. The van der Waals surface area contributed by atoms with E-state index in [9.17, 15) is 4.79 Å². The van der Waals surface area contributed by atoms with Crippen LogP contribution in [0.1, 0.15) is 82.6 Å². The number of hydrogen-bond donors (Lipinski definition) is 1. The Morgan fingerprint density at radius 2 is 1.78 bits per heavy atom. The van der Waals surface area contributed by atoms with Gasteiger partial charge in [-0.15, -0.1) is 0 Å². The number of aromatic amines is 1. The lowest BCUT2D eigenvalue weighted by atomic mass is 9.88. The lowest BCUT2D eigenvalue weighted by Gasteiger charge is -2.34. The molecule has 3 aromatic rings. The highest BCUT2D eigenvalue weighted by Crippen LogP contribution is 2.34. The Morgan fingerprint density at radius 1 is 1.08 bits per heavy atom. The Hall–Kier alpha value is -3.43. The van der Waals surface area contributed by atoms with Gasteiger partial charge in [-0.1, -0.05) is 18.2 Å². The first-order valence-electron chi connectivity index (χ1n) is 13.0. The minimum absolute atomic E-state index is 0.102. The topological polar surface area (TPSA) is 76.0 Å². The maximum Gasteiger partial charge on any atom is 0.254 e. The predicted molar refractivity (Wildman–Crippen MR) is 142 cm³/mol. The van der Waals surface area contributed by atoms with Crippen molar-refractivity contribution in [2.45, 2.75) is 65.0 Å². The molecule has 1 amide bonds. The molecule has 6 heteroatoms. The number of carbonyl (C=O) groups excluding carboxylic acids is 1. The van der Waals surface area contributed by atoms with E-state index < -0.39 is 0 Å². The molecule has 1 saturated heterocycles. The molecule has 2 aromatic carbocycles. The Morgan fingerprint density at radius 3 is 2.44 bits per heavy atom. The summed E-state index contributed by atoms with van der Waals surface area (Å²) in [6.45, 7) is 10.1. The van der Waals surface area contributed by atoms with Gasteiger partial charge < -0.3 is 9.88 Å². The molecular weight excluding hydrogens is 446 g/mol. The average Bonchev–Trinajstić information content (AvgIpc) is 3.31. The molecule has 2 aliphatic rings. The molecule has 2 unspecified atom stereocenters. The molecule has 1 N–H and O–H groups in total. The fraction of sp³-hybridized carbons (Fsp3) is 0.433. The van der Waals surface area contributed by atoms with Crippen LogP contribution in [0.2, 0.25) is 0 Å². The lowest BCUT2D eigenvalue weighted by Crippen LogP contribution is -2.38. The number of likely N-dealkylation sites (N-methyl/N-ethyl adjacent to an activating group) is 1. The van der Waals surface area contributed by atoms with Gasteiger partial charge in [-0.3, -0.25) is 9.69 Å². The molecule has 36 heavy (non-hydrogen) atoms. The van der Waals surface area contributed by atoms with Crippen LogP contribution in [-0.2, 0) is 6.42 Å². The van der Waals surface area contributed by atoms with Gasteiger partial charge in [0.25, 0.3) is 5.91 Å². The van der Waals surface area contributed by atoms with E-state index in [0.29, 0.717) is 17.5 Å². The number of fused-ring (bicyclic) bond motifs is 1. The van der Waals surface area contributed by atoms with Crippen LogP contribution < -0.4 is 0 Å². The number of nitrogens with zero attached hydrogens (tertiary/aromatic N) is 4. The maximum absolute atomic E-state index is 13.6. The quantitative estimate of drug-likeness (QED) is 0.534. The van der Waals surface area contributed by atoms with Crippen LogP contribution in [-0.4, -0.2) is 51.9 Å². The summed E-state index contributed by atoms with van der Waals surface area (Å²) in [4.78, 5) is 26.6. The predicted octanol–water partition coefficient (Wildman–Crippen LogP) is 5.52. The van der Waals surface area contributed by atoms with Gasteiger partial charge in [-0.25, -0.2) is 4.98 Å². The summed E-state index contributed by atoms with van der Waals surface area (Å²) >= 11 is 0. The van der Waals surface area contributed by atoms with Crippen molar-refractivity contribution in [1.29, 1.82) is 5.26 Å². The molecule has 5 rings (SSSR count). The molecule has 2 atom stereocenters. The second kappa shape index (κ2) is 9.55. The second-order valence-corrected chi connectivity index (χ2v) is 10.6. The average molecular weight is 482 g/mol. The van der Waals surface area contributed by atoms with Crippen LogP contribution in [0.3, 0.4) is 0 Å². The van der Waals surface area contributed by atoms with Gasteiger partial charge in [0, 0.05) is 42.7 Å². The number of amides is 1. The number of carbonyl (C=O) groups is 1. The van der Waals surface area contributed by atoms with Crippen molar-refractivity contribution in [3.8, 4) is 17.5 Å². The standard InChI is InChI=1S/C30H35N5O/c1-18-14-19(2)26(16-25(18)29-32-27-15-20(3)34(5)21(4)28(27)33-29)30(36)35-12-10-24(11-13-35)23-8-6-22(17-31)7-9-23/h6-9,14,16,20-21,24H,10-13,15H2,1-5H3,(H,32,33). The van der Waals surface area contributed by atoms with E-state index in [2.05, 4.69) is 62.0 Å². The van der Waals surface area contributed by atoms with Crippen molar-refractivity contribution >= 4 is 5.91 Å². The molecule has 1 aromatic heterocycles. The van der Waals surface area contributed by atoms with Crippen molar-refractivity contribution < 1.29 is 4.79 Å². The number of benzene rings is 2. The van der Waals surface area contributed by atoms with Gasteiger partial charge in [0.05, 0.1) is 23.0 Å². The van der Waals surface area contributed by atoms with E-state index in [4.69, 9.17) is 10.2 Å². The third kappa shape index (κ3) is 4.33. The number of likely N-dealkylation sites (tertiary alicyclic amines) is 1. The Bertz CT molecular complexity index is 1320. The normalized spacial score (nSPS) is 20.7. The van der Waals surface area contributed by atoms with E-state index in [1.165, 1.54) is 11.3 Å². The molecule has 2 aliphatic heterocycles. The summed E-state index contributed by atoms with van der Waals surface area (Å²) in [6, 6.07) is 15.0. The van der Waals surface area contributed by atoms with E-state index in [1.54, 1.807) is 0 Å². The summed E-state index contributed by atoms with van der Waals surface area (Å²) in [7, 11) is 2.16. The summed E-state index contributed by atoms with van der Waals surface area (Å²) in [5, 5.41) is 9.05. The molecule has 0 spiro atoms. The zero-order chi connectivity index (χ0) is 25.6. The minimum Gasteiger partial charge on any atom is -0.340 e. The van der Waals surface area contributed by atoms with Gasteiger partial charge in [-0.2, -0.15) is 5.26 Å². The summed E-state index contributed by atoms with van der Waals surface area (Å²) < 4.78 is 0. The Balaban J connectivity index is 1.36. The molecule has 0 radical (unpaired) electrons. The zero-order valence-corrected chi connectivity index (χ0v) is 21.9. The van der Waals surface area contributed by atoms with Gasteiger partial charge in [0.1, 0.15) is 5.82 Å². The van der Waals surface area contributed by atoms with Crippen LogP contribution in [0.15, 0.2) is 36.4 Å². The monoisotopic (exact) mass is 481 g/mol. The van der Waals surface area contributed by atoms with Crippen LogP contribution in [0, 0.1) is 25.2 Å². The number of piperidine rings is 1. The van der Waals surface area contributed by atoms with Crippen molar-refractivity contribution in [1.82, 2.24) is 19.8 Å². The third-order valence-corrected chi connectivity index (χ3v) is 8.37. The largest absolute Gasteiger partial charge is 0.340 e. The van der Waals surface area contributed by atoms with E-state index in [1.807, 2.05) is 30.0 Å². The van der Waals surface area contributed by atoms with Crippen LogP contribution in [0.4, 0.5) is 0 Å². The van der Waals surface area contributed by atoms with Crippen molar-refractivity contribution in [2.24, 2.45) is 0 Å². The third-order valence-electron chi connectivity index (χ3n) is 8.37. The fourth-order valence-corrected chi connectivity index (χ4v) is 5.81. The molecule has 1 fully saturated rings. The number of nitriles is 1. The van der Waals surface area contributed by atoms with E-state index in [0.717, 1.165) is 66.1 Å². The first-order valence-corrected chi connectivity index (χ1v) is 13.0. The SMILES string of the molecule is Cc1cc(C)c(-c2nc3c([nH]2)C(C)N(C)C(C)C3)cc1C(=O)N1CCC(c2ccc(C#N)cc2)CC1. The number of aryl methyl sites for hydroxylation is 2. The number of imidazole rings is 1. The van der Waals surface area contributed by atoms with Gasteiger partial charge in [0.15, 0.2) is 0 Å². The van der Waals surface area contributed by atoms with Crippen LogP contribution in [0.5, 0.6) is 0 Å². The van der Waals surface area contributed by atoms with Crippen molar-refractivity contribution in [2.75, 3.05) is 20.1 Å². The molecular formula is C30H35N5O. The van der Waals surface area contributed by atoms with E-state index in [-0.39, 0.29) is 11.9 Å². The Labute approximate surface area is 214 Å². The molecule has 6 nitrogen and oxygen atoms in total. The van der Waals surface area contributed by atoms with Gasteiger partial charge in [-0.05, 0) is 88.4 Å². The van der Waals surface area contributed by atoms with Crippen LogP contribution >= 0.6 is 0 Å². The highest BCUT2D eigenvalue weighted by molar-refractivity contribution is 5.97. The molecule has 3 heterocycles. The first kappa shape index (κ1) is 24.3. The summed E-state index contributed by atoms with van der Waals surface area (Å²) in [6.07, 6.45) is 2.80. The van der Waals surface area contributed by atoms with Crippen molar-refractivity contribution in [3.63, 3.8) is 0 Å². The smallest absolute Gasteiger partial charge is 0.254 e. The lowest BCUT2D eigenvalue weighted by molar-refractivity contribution is 0.0712. The second-order valence-electron chi connectivity index (χ2n) is 10.6.